The van der Waals surface area contributed by atoms with Gasteiger partial charge in [-0.05, 0) is 40.8 Å². The van der Waals surface area contributed by atoms with Crippen LogP contribution >= 0.6 is 0 Å². The monoisotopic (exact) mass is 286 g/mol. The number of likely N-dealkylation sites (N-methyl/N-ethyl adjacent to an activating group) is 2. The van der Waals surface area contributed by atoms with Crippen molar-refractivity contribution in [3.05, 3.63) is 0 Å². The summed E-state index contributed by atoms with van der Waals surface area (Å²) in [7, 11) is 1.76. The summed E-state index contributed by atoms with van der Waals surface area (Å²) in [6, 6.07) is 0.388. The molecular weight excluding hydrogens is 252 g/mol. The first-order valence-electron chi connectivity index (χ1n) is 7.93. The van der Waals surface area contributed by atoms with Crippen molar-refractivity contribution < 1.29 is 9.47 Å². The molecular formula is C16H34N2O2. The van der Waals surface area contributed by atoms with Crippen molar-refractivity contribution in [3.8, 4) is 0 Å². The maximum atomic E-state index is 6.34. The van der Waals surface area contributed by atoms with Crippen LogP contribution in [-0.2, 0) is 9.47 Å². The van der Waals surface area contributed by atoms with Crippen molar-refractivity contribution >= 4 is 0 Å². The Morgan fingerprint density at radius 3 is 2.30 bits per heavy atom. The Kier molecular flexibility index (Phi) is 6.45. The quantitative estimate of drug-likeness (QED) is 0.741. The molecule has 0 spiro atoms. The minimum Gasteiger partial charge on any atom is -0.383 e. The fourth-order valence-electron chi connectivity index (χ4n) is 3.51. The molecule has 1 heterocycles. The van der Waals surface area contributed by atoms with Crippen LogP contribution in [0.3, 0.4) is 0 Å². The Morgan fingerprint density at radius 1 is 1.15 bits per heavy atom. The second kappa shape index (κ2) is 7.21. The van der Waals surface area contributed by atoms with Crippen LogP contribution in [-0.4, -0.2) is 62.0 Å². The van der Waals surface area contributed by atoms with E-state index in [-0.39, 0.29) is 11.2 Å². The zero-order chi connectivity index (χ0) is 15.4. The summed E-state index contributed by atoms with van der Waals surface area (Å²) < 4.78 is 11.6. The first-order chi connectivity index (χ1) is 9.28. The van der Waals surface area contributed by atoms with E-state index in [0.717, 1.165) is 32.8 Å². The fourth-order valence-corrected chi connectivity index (χ4v) is 3.51. The summed E-state index contributed by atoms with van der Waals surface area (Å²) in [5.74, 6) is 0.481. The van der Waals surface area contributed by atoms with Gasteiger partial charge in [-0.15, -0.1) is 0 Å². The summed E-state index contributed by atoms with van der Waals surface area (Å²) >= 11 is 0. The molecule has 20 heavy (non-hydrogen) atoms. The highest BCUT2D eigenvalue weighted by atomic mass is 16.5. The van der Waals surface area contributed by atoms with E-state index in [9.17, 15) is 0 Å². The van der Waals surface area contributed by atoms with E-state index in [0.29, 0.717) is 12.0 Å². The van der Waals surface area contributed by atoms with Gasteiger partial charge in [0.2, 0.25) is 0 Å². The fraction of sp³-hybridized carbons (Fsp3) is 1.00. The lowest BCUT2D eigenvalue weighted by Gasteiger charge is -2.34. The lowest BCUT2D eigenvalue weighted by molar-refractivity contribution is -0.0797. The van der Waals surface area contributed by atoms with Crippen LogP contribution in [0.5, 0.6) is 0 Å². The smallest absolute Gasteiger partial charge is 0.0790 e. The molecule has 1 rings (SSSR count). The number of nitrogens with zero attached hydrogens (tertiary/aromatic N) is 1. The van der Waals surface area contributed by atoms with Crippen LogP contribution in [0.1, 0.15) is 41.5 Å². The highest BCUT2D eigenvalue weighted by Gasteiger charge is 2.53. The van der Waals surface area contributed by atoms with Crippen LogP contribution in [0.2, 0.25) is 0 Å². The molecule has 120 valence electrons. The first-order valence-corrected chi connectivity index (χ1v) is 7.93. The lowest BCUT2D eigenvalue weighted by Crippen LogP contribution is -2.51. The summed E-state index contributed by atoms with van der Waals surface area (Å²) in [6.45, 7) is 18.1. The molecule has 0 aromatic carbocycles. The predicted molar refractivity (Wildman–Crippen MR) is 84.2 cm³/mol. The number of nitrogens with one attached hydrogen (secondary N) is 1. The molecule has 1 saturated heterocycles. The molecule has 2 unspecified atom stereocenters. The summed E-state index contributed by atoms with van der Waals surface area (Å²) in [4.78, 5) is 2.46. The minimum absolute atomic E-state index is 0.100. The second-order valence-electron chi connectivity index (χ2n) is 6.84. The van der Waals surface area contributed by atoms with Crippen LogP contribution in [0, 0.1) is 5.92 Å². The van der Waals surface area contributed by atoms with Gasteiger partial charge in [0.1, 0.15) is 0 Å². The van der Waals surface area contributed by atoms with Gasteiger partial charge >= 0.3 is 0 Å². The van der Waals surface area contributed by atoms with E-state index in [1.54, 1.807) is 7.11 Å². The number of methoxy groups -OCH3 is 1. The maximum absolute atomic E-state index is 6.34. The van der Waals surface area contributed by atoms with Crippen molar-refractivity contribution in [2.24, 2.45) is 5.92 Å². The number of hydrogen-bond acceptors (Lipinski definition) is 4. The van der Waals surface area contributed by atoms with Crippen LogP contribution in [0.15, 0.2) is 0 Å². The van der Waals surface area contributed by atoms with Gasteiger partial charge in [0.15, 0.2) is 0 Å². The average molecular weight is 286 g/mol. The van der Waals surface area contributed by atoms with Crippen molar-refractivity contribution in [2.45, 2.75) is 58.8 Å². The largest absolute Gasteiger partial charge is 0.383 e. The van der Waals surface area contributed by atoms with E-state index >= 15 is 0 Å². The van der Waals surface area contributed by atoms with E-state index in [2.05, 4.69) is 51.8 Å². The third-order valence-electron chi connectivity index (χ3n) is 4.51. The second-order valence-corrected chi connectivity index (χ2v) is 6.84. The lowest BCUT2D eigenvalue weighted by atomic mass is 9.82. The summed E-state index contributed by atoms with van der Waals surface area (Å²) in [5.41, 5.74) is -0.221. The van der Waals surface area contributed by atoms with Gasteiger partial charge in [0.05, 0.1) is 17.8 Å². The predicted octanol–water partition coefficient (Wildman–Crippen LogP) is 2.14. The van der Waals surface area contributed by atoms with Gasteiger partial charge in [0.25, 0.3) is 0 Å². The molecule has 4 heteroatoms. The molecule has 0 amide bonds. The Hall–Kier alpha value is -0.160. The van der Waals surface area contributed by atoms with E-state index < -0.39 is 0 Å². The van der Waals surface area contributed by atoms with E-state index in [1.807, 2.05) is 0 Å². The minimum atomic E-state index is -0.120. The molecule has 0 aromatic heterocycles. The maximum Gasteiger partial charge on any atom is 0.0790 e. The van der Waals surface area contributed by atoms with Gasteiger partial charge in [-0.3, -0.25) is 0 Å². The Morgan fingerprint density at radius 2 is 1.80 bits per heavy atom. The van der Waals surface area contributed by atoms with Crippen molar-refractivity contribution in [1.29, 1.82) is 0 Å². The highest BCUT2D eigenvalue weighted by molar-refractivity contribution is 5.06. The molecule has 1 aliphatic rings. The van der Waals surface area contributed by atoms with Crippen molar-refractivity contribution in [1.82, 2.24) is 10.2 Å². The van der Waals surface area contributed by atoms with Gasteiger partial charge in [-0.25, -0.2) is 0 Å². The molecule has 0 aromatic rings. The van der Waals surface area contributed by atoms with Gasteiger partial charge in [-0.1, -0.05) is 13.8 Å². The van der Waals surface area contributed by atoms with Crippen molar-refractivity contribution in [3.63, 3.8) is 0 Å². The van der Waals surface area contributed by atoms with Crippen molar-refractivity contribution in [2.75, 3.05) is 39.9 Å². The molecule has 4 nitrogen and oxygen atoms in total. The Labute approximate surface area is 125 Å². The van der Waals surface area contributed by atoms with E-state index in [1.165, 1.54) is 0 Å². The molecule has 1 aliphatic heterocycles. The first kappa shape index (κ1) is 17.9. The van der Waals surface area contributed by atoms with Gasteiger partial charge in [0, 0.05) is 32.2 Å². The molecule has 0 radical (unpaired) electrons. The zero-order valence-corrected chi connectivity index (χ0v) is 14.5. The Balaban J connectivity index is 2.81. The number of hydrogen-bond donors (Lipinski definition) is 1. The SMILES string of the molecule is CCNC1C(CN(CC)CCOC)C(C)(C)OC1(C)C. The molecule has 0 aliphatic carbocycles. The third kappa shape index (κ3) is 4.17. The van der Waals surface area contributed by atoms with Gasteiger partial charge in [-0.2, -0.15) is 0 Å². The summed E-state index contributed by atoms with van der Waals surface area (Å²) in [5, 5.41) is 3.64. The topological polar surface area (TPSA) is 33.7 Å². The van der Waals surface area contributed by atoms with Crippen LogP contribution in [0.25, 0.3) is 0 Å². The third-order valence-corrected chi connectivity index (χ3v) is 4.51. The van der Waals surface area contributed by atoms with E-state index in [4.69, 9.17) is 9.47 Å². The Bertz CT molecular complexity index is 292. The van der Waals surface area contributed by atoms with Crippen LogP contribution in [0.4, 0.5) is 0 Å². The number of rotatable bonds is 8. The normalized spacial score (nSPS) is 28.2. The summed E-state index contributed by atoms with van der Waals surface area (Å²) in [6.07, 6.45) is 0. The zero-order valence-electron chi connectivity index (χ0n) is 14.5. The van der Waals surface area contributed by atoms with Crippen LogP contribution < -0.4 is 5.32 Å². The molecule has 0 saturated carbocycles. The molecule has 0 bridgehead atoms. The average Bonchev–Trinajstić information content (AvgIpc) is 2.51. The highest BCUT2D eigenvalue weighted by Crippen LogP contribution is 2.42. The molecule has 1 fully saturated rings. The molecule has 1 N–H and O–H groups in total. The standard InChI is InChI=1S/C16H34N2O2/c1-8-17-14-13(12-18(9-2)10-11-19-7)15(3,4)20-16(14,5)6/h13-14,17H,8-12H2,1-7H3. The number of ether oxygens (including phenoxy) is 2. The van der Waals surface area contributed by atoms with Gasteiger partial charge < -0.3 is 19.7 Å². The molecule has 2 atom stereocenters.